The zero-order valence-corrected chi connectivity index (χ0v) is 14.6. The predicted molar refractivity (Wildman–Crippen MR) is 89.1 cm³/mol. The molecule has 7 heteroatoms. The molecule has 2 aliphatic rings. The van der Waals surface area contributed by atoms with Crippen molar-refractivity contribution in [2.75, 3.05) is 39.4 Å². The Labute approximate surface area is 142 Å². The lowest BCUT2D eigenvalue weighted by molar-refractivity contribution is 0.0298. The van der Waals surface area contributed by atoms with Crippen LogP contribution in [0.5, 0.6) is 0 Å². The molecule has 0 bridgehead atoms. The quantitative estimate of drug-likeness (QED) is 0.829. The van der Waals surface area contributed by atoms with Gasteiger partial charge in [0.05, 0.1) is 18.9 Å². The lowest BCUT2D eigenvalue weighted by Gasteiger charge is -2.26. The van der Waals surface area contributed by atoms with Gasteiger partial charge in [-0.3, -0.25) is 9.59 Å². The van der Waals surface area contributed by atoms with E-state index in [-0.39, 0.29) is 11.8 Å². The topological polar surface area (TPSA) is 67.7 Å². The van der Waals surface area contributed by atoms with Crippen LogP contribution in [0.3, 0.4) is 0 Å². The smallest absolute Gasteiger partial charge is 0.289 e. The van der Waals surface area contributed by atoms with Gasteiger partial charge in [0.15, 0.2) is 5.82 Å². The molecule has 0 radical (unpaired) electrons. The van der Waals surface area contributed by atoms with E-state index in [9.17, 15) is 9.59 Å². The van der Waals surface area contributed by atoms with Crippen molar-refractivity contribution in [2.45, 2.75) is 39.7 Å². The fourth-order valence-electron chi connectivity index (χ4n) is 3.45. The molecule has 132 valence electrons. The first-order chi connectivity index (χ1) is 11.7. The number of amides is 2. The second-order valence-corrected chi connectivity index (χ2v) is 6.22. The normalized spacial score (nSPS) is 17.5. The highest BCUT2D eigenvalue weighted by Gasteiger charge is 2.31. The molecular weight excluding hydrogens is 308 g/mol. The summed E-state index contributed by atoms with van der Waals surface area (Å²) in [6.07, 6.45) is 2.87. The van der Waals surface area contributed by atoms with Crippen LogP contribution in [0.2, 0.25) is 0 Å². The second-order valence-electron chi connectivity index (χ2n) is 6.22. The lowest BCUT2D eigenvalue weighted by Crippen LogP contribution is -2.41. The molecule has 24 heavy (non-hydrogen) atoms. The Morgan fingerprint density at radius 3 is 2.50 bits per heavy atom. The van der Waals surface area contributed by atoms with Crippen molar-refractivity contribution in [3.63, 3.8) is 0 Å². The van der Waals surface area contributed by atoms with E-state index in [0.717, 1.165) is 31.5 Å². The van der Waals surface area contributed by atoms with Gasteiger partial charge >= 0.3 is 0 Å². The maximum Gasteiger partial charge on any atom is 0.289 e. The highest BCUT2D eigenvalue weighted by atomic mass is 16.5. The number of rotatable bonds is 4. The van der Waals surface area contributed by atoms with Crippen LogP contribution in [0, 0.1) is 0 Å². The molecule has 0 unspecified atom stereocenters. The number of nitrogens with zero attached hydrogens (tertiary/aromatic N) is 4. The highest BCUT2D eigenvalue weighted by Crippen LogP contribution is 2.23. The van der Waals surface area contributed by atoms with Gasteiger partial charge < -0.3 is 19.1 Å². The molecular formula is C17H26N4O3. The zero-order chi connectivity index (χ0) is 17.1. The summed E-state index contributed by atoms with van der Waals surface area (Å²) in [6, 6.07) is 0. The minimum absolute atomic E-state index is 0.0671. The molecule has 0 saturated carbocycles. The number of carbonyl (C=O) groups is 2. The summed E-state index contributed by atoms with van der Waals surface area (Å²) >= 11 is 0. The summed E-state index contributed by atoms with van der Waals surface area (Å²) in [7, 11) is 0. The fourth-order valence-corrected chi connectivity index (χ4v) is 3.45. The van der Waals surface area contributed by atoms with E-state index in [4.69, 9.17) is 4.74 Å². The van der Waals surface area contributed by atoms with Gasteiger partial charge in [0.1, 0.15) is 5.69 Å². The number of imidazole rings is 1. The Bertz CT molecular complexity index is 616. The van der Waals surface area contributed by atoms with E-state index in [1.165, 1.54) is 0 Å². The van der Waals surface area contributed by atoms with Crippen LogP contribution in [0.1, 0.15) is 53.5 Å². The van der Waals surface area contributed by atoms with Crippen LogP contribution in [0.15, 0.2) is 0 Å². The molecule has 0 atom stereocenters. The molecule has 0 spiro atoms. The largest absolute Gasteiger partial charge is 0.378 e. The van der Waals surface area contributed by atoms with Gasteiger partial charge in [0.2, 0.25) is 0 Å². The number of fused-ring (bicyclic) bond motifs is 1. The molecule has 0 N–H and O–H groups in total. The first kappa shape index (κ1) is 17.0. The van der Waals surface area contributed by atoms with Gasteiger partial charge in [-0.2, -0.15) is 0 Å². The van der Waals surface area contributed by atoms with Gasteiger partial charge in [0, 0.05) is 32.7 Å². The van der Waals surface area contributed by atoms with Crippen LogP contribution in [0.25, 0.3) is 0 Å². The number of ether oxygens (including phenoxy) is 1. The van der Waals surface area contributed by atoms with Crippen molar-refractivity contribution in [2.24, 2.45) is 0 Å². The van der Waals surface area contributed by atoms with Gasteiger partial charge in [0.25, 0.3) is 11.8 Å². The van der Waals surface area contributed by atoms with E-state index in [1.54, 1.807) is 9.80 Å². The Morgan fingerprint density at radius 1 is 1.12 bits per heavy atom. The molecule has 7 nitrogen and oxygen atoms in total. The zero-order valence-electron chi connectivity index (χ0n) is 14.6. The third-order valence-electron chi connectivity index (χ3n) is 4.86. The van der Waals surface area contributed by atoms with E-state index in [2.05, 4.69) is 4.98 Å². The van der Waals surface area contributed by atoms with Crippen LogP contribution in [0.4, 0.5) is 0 Å². The maximum atomic E-state index is 12.9. The van der Waals surface area contributed by atoms with E-state index >= 15 is 0 Å². The second kappa shape index (κ2) is 7.34. The van der Waals surface area contributed by atoms with Crippen LogP contribution in [-0.4, -0.2) is 70.6 Å². The third-order valence-corrected chi connectivity index (χ3v) is 4.86. The summed E-state index contributed by atoms with van der Waals surface area (Å²) in [5.74, 6) is 0.275. The van der Waals surface area contributed by atoms with E-state index in [1.807, 2.05) is 18.4 Å². The van der Waals surface area contributed by atoms with Gasteiger partial charge in [-0.1, -0.05) is 0 Å². The molecule has 1 saturated heterocycles. The predicted octanol–water partition coefficient (Wildman–Crippen LogP) is 1.17. The highest BCUT2D eigenvalue weighted by molar-refractivity contribution is 5.97. The fraction of sp³-hybridized carbons (Fsp3) is 0.706. The molecule has 3 rings (SSSR count). The molecule has 3 heterocycles. The molecule has 1 fully saturated rings. The SMILES string of the molecule is CCN(CC)C(=O)c1nc(C(=O)N2CCOCC2)c2n1CCCC2. The lowest BCUT2D eigenvalue weighted by atomic mass is 10.1. The molecule has 1 aromatic heterocycles. The summed E-state index contributed by atoms with van der Waals surface area (Å²) in [5.41, 5.74) is 1.39. The Kier molecular flexibility index (Phi) is 5.18. The number of carbonyl (C=O) groups excluding carboxylic acids is 2. The van der Waals surface area contributed by atoms with Crippen LogP contribution in [-0.2, 0) is 17.7 Å². The Morgan fingerprint density at radius 2 is 1.83 bits per heavy atom. The average molecular weight is 334 g/mol. The first-order valence-electron chi connectivity index (χ1n) is 8.93. The van der Waals surface area contributed by atoms with Crippen molar-refractivity contribution in [1.82, 2.24) is 19.4 Å². The summed E-state index contributed by atoms with van der Waals surface area (Å²) in [6.45, 7) is 8.27. The van der Waals surface area contributed by atoms with Gasteiger partial charge in [-0.15, -0.1) is 0 Å². The molecule has 1 aromatic rings. The number of morpholine rings is 1. The number of hydrogen-bond acceptors (Lipinski definition) is 4. The molecule has 2 amide bonds. The monoisotopic (exact) mass is 334 g/mol. The molecule has 0 aliphatic carbocycles. The van der Waals surface area contributed by atoms with Crippen LogP contribution >= 0.6 is 0 Å². The molecule has 0 aromatic carbocycles. The summed E-state index contributed by atoms with van der Waals surface area (Å²) in [4.78, 5) is 33.7. The van der Waals surface area contributed by atoms with Crippen molar-refractivity contribution in [3.8, 4) is 0 Å². The third kappa shape index (κ3) is 3.05. The molecule has 2 aliphatic heterocycles. The minimum atomic E-state index is -0.0795. The maximum absolute atomic E-state index is 12.9. The number of hydrogen-bond donors (Lipinski definition) is 0. The minimum Gasteiger partial charge on any atom is -0.378 e. The van der Waals surface area contributed by atoms with Gasteiger partial charge in [-0.25, -0.2) is 4.98 Å². The van der Waals surface area contributed by atoms with Crippen LogP contribution < -0.4 is 0 Å². The van der Waals surface area contributed by atoms with E-state index in [0.29, 0.717) is 50.9 Å². The Balaban J connectivity index is 1.95. The summed E-state index contributed by atoms with van der Waals surface area (Å²) in [5, 5.41) is 0. The summed E-state index contributed by atoms with van der Waals surface area (Å²) < 4.78 is 7.29. The van der Waals surface area contributed by atoms with Crippen molar-refractivity contribution in [1.29, 1.82) is 0 Å². The van der Waals surface area contributed by atoms with Crippen molar-refractivity contribution < 1.29 is 14.3 Å². The van der Waals surface area contributed by atoms with E-state index < -0.39 is 0 Å². The van der Waals surface area contributed by atoms with Gasteiger partial charge in [-0.05, 0) is 33.1 Å². The average Bonchev–Trinajstić information content (AvgIpc) is 3.02. The Hall–Kier alpha value is -1.89. The standard InChI is InChI=1S/C17H26N4O3/c1-3-19(4-2)17(23)15-18-14(13-7-5-6-8-21(13)15)16(22)20-9-11-24-12-10-20/h3-12H2,1-2H3. The van der Waals surface area contributed by atoms with Crippen molar-refractivity contribution >= 4 is 11.8 Å². The van der Waals surface area contributed by atoms with Crippen molar-refractivity contribution in [3.05, 3.63) is 17.2 Å². The number of aromatic nitrogens is 2. The first-order valence-corrected chi connectivity index (χ1v) is 8.93.